The first-order valence-electron chi connectivity index (χ1n) is 8.00. The van der Waals surface area contributed by atoms with Crippen LogP contribution in [0, 0.1) is 0 Å². The van der Waals surface area contributed by atoms with E-state index >= 15 is 0 Å². The Hall–Kier alpha value is -1.77. The van der Waals surface area contributed by atoms with E-state index < -0.39 is 5.97 Å². The highest BCUT2D eigenvalue weighted by Crippen LogP contribution is 2.33. The van der Waals surface area contributed by atoms with Crippen molar-refractivity contribution in [1.29, 1.82) is 0 Å². The molecular weight excluding hydrogens is 436 g/mol. The quantitative estimate of drug-likeness (QED) is 0.494. The Kier molecular flexibility index (Phi) is 7.31. The number of anilines is 1. The van der Waals surface area contributed by atoms with Gasteiger partial charge in [-0.3, -0.25) is 10.1 Å². The Bertz CT molecular complexity index is 834. The Balaban J connectivity index is 2.17. The van der Waals surface area contributed by atoms with Crippen molar-refractivity contribution in [1.82, 2.24) is 5.32 Å². The van der Waals surface area contributed by atoms with Crippen molar-refractivity contribution >= 4 is 61.5 Å². The van der Waals surface area contributed by atoms with Gasteiger partial charge in [-0.05, 0) is 64.1 Å². The predicted octanol–water partition coefficient (Wildman–Crippen LogP) is 4.94. The summed E-state index contributed by atoms with van der Waals surface area (Å²) in [5, 5.41) is 8.15. The van der Waals surface area contributed by atoms with Crippen LogP contribution in [0.4, 0.5) is 5.00 Å². The minimum absolute atomic E-state index is 0.119. The van der Waals surface area contributed by atoms with Crippen molar-refractivity contribution in [3.8, 4) is 0 Å². The molecule has 1 aromatic heterocycles. The molecule has 0 spiro atoms. The van der Waals surface area contributed by atoms with Gasteiger partial charge in [0.25, 0.3) is 5.91 Å². The number of benzene rings is 1. The summed E-state index contributed by atoms with van der Waals surface area (Å²) in [6, 6.07) is 7.05. The molecule has 0 bridgehead atoms. The van der Waals surface area contributed by atoms with Crippen LogP contribution in [-0.4, -0.2) is 23.6 Å². The number of ether oxygens (including phenoxy) is 1. The number of hydrogen-bond donors (Lipinski definition) is 2. The molecule has 0 aliphatic rings. The lowest BCUT2D eigenvalue weighted by molar-refractivity contribution is 0.0526. The summed E-state index contributed by atoms with van der Waals surface area (Å²) in [4.78, 5) is 24.7. The number of halogens is 1. The van der Waals surface area contributed by atoms with E-state index in [9.17, 15) is 9.59 Å². The predicted molar refractivity (Wildman–Crippen MR) is 112 cm³/mol. The van der Waals surface area contributed by atoms with E-state index in [0.717, 1.165) is 5.56 Å². The number of rotatable bonds is 5. The number of carbonyl (C=O) groups excluding carboxylic acids is 2. The lowest BCUT2D eigenvalue weighted by atomic mass is 10.0. The summed E-state index contributed by atoms with van der Waals surface area (Å²) >= 11 is 9.93. The zero-order valence-electron chi connectivity index (χ0n) is 14.6. The van der Waals surface area contributed by atoms with E-state index in [1.54, 1.807) is 25.1 Å². The minimum Gasteiger partial charge on any atom is -0.462 e. The van der Waals surface area contributed by atoms with E-state index in [1.807, 2.05) is 25.3 Å². The maximum absolute atomic E-state index is 12.3. The van der Waals surface area contributed by atoms with Gasteiger partial charge in [0.1, 0.15) is 5.00 Å². The Morgan fingerprint density at radius 3 is 2.62 bits per heavy atom. The molecule has 26 heavy (non-hydrogen) atoms. The average Bonchev–Trinajstić information content (AvgIpc) is 2.99. The van der Waals surface area contributed by atoms with E-state index in [1.165, 1.54) is 11.3 Å². The normalized spacial score (nSPS) is 10.5. The monoisotopic (exact) mass is 454 g/mol. The topological polar surface area (TPSA) is 67.4 Å². The van der Waals surface area contributed by atoms with Crippen LogP contribution in [0.1, 0.15) is 53.0 Å². The van der Waals surface area contributed by atoms with Gasteiger partial charge < -0.3 is 10.1 Å². The van der Waals surface area contributed by atoms with Crippen LogP contribution < -0.4 is 10.6 Å². The van der Waals surface area contributed by atoms with Crippen molar-refractivity contribution in [2.75, 3.05) is 11.9 Å². The summed E-state index contributed by atoms with van der Waals surface area (Å²) in [5.41, 5.74) is 1.82. The number of amides is 1. The molecule has 2 N–H and O–H groups in total. The van der Waals surface area contributed by atoms with Crippen LogP contribution in [-0.2, 0) is 4.74 Å². The maximum atomic E-state index is 12.3. The van der Waals surface area contributed by atoms with E-state index in [0.29, 0.717) is 20.6 Å². The van der Waals surface area contributed by atoms with Gasteiger partial charge in [0, 0.05) is 4.47 Å². The summed E-state index contributed by atoms with van der Waals surface area (Å²) in [6.45, 7) is 6.05. The van der Waals surface area contributed by atoms with Crippen LogP contribution in [0.15, 0.2) is 34.1 Å². The molecule has 2 rings (SSSR count). The fraction of sp³-hybridized carbons (Fsp3) is 0.278. The first-order valence-corrected chi connectivity index (χ1v) is 10.1. The first-order chi connectivity index (χ1) is 12.3. The molecule has 2 aromatic rings. The summed E-state index contributed by atoms with van der Waals surface area (Å²) < 4.78 is 5.83. The second-order valence-corrected chi connectivity index (χ2v) is 7.80. The standard InChI is InChI=1S/C18H19BrN2O3S2/c1-4-24-17(23)14-12(10(2)3)9-26-16(14)21-18(25)20-15(22)11-7-5-6-8-13(11)19/h5-10H,4H2,1-3H3,(H2,20,21,22,25). The fourth-order valence-corrected chi connectivity index (χ4v) is 4.09. The van der Waals surface area contributed by atoms with E-state index in [-0.39, 0.29) is 23.5 Å². The minimum atomic E-state index is -0.403. The molecule has 0 saturated carbocycles. The highest BCUT2D eigenvalue weighted by atomic mass is 79.9. The van der Waals surface area contributed by atoms with Gasteiger partial charge in [-0.1, -0.05) is 26.0 Å². The number of esters is 1. The third kappa shape index (κ3) is 4.90. The van der Waals surface area contributed by atoms with Crippen LogP contribution in [0.3, 0.4) is 0 Å². The molecule has 0 atom stereocenters. The summed E-state index contributed by atoms with van der Waals surface area (Å²) in [7, 11) is 0. The van der Waals surface area contributed by atoms with E-state index in [2.05, 4.69) is 26.6 Å². The maximum Gasteiger partial charge on any atom is 0.341 e. The highest BCUT2D eigenvalue weighted by Gasteiger charge is 2.23. The highest BCUT2D eigenvalue weighted by molar-refractivity contribution is 9.10. The molecule has 1 aromatic carbocycles. The van der Waals surface area contributed by atoms with Gasteiger partial charge in [-0.15, -0.1) is 11.3 Å². The zero-order valence-corrected chi connectivity index (χ0v) is 17.8. The lowest BCUT2D eigenvalue weighted by Gasteiger charge is -2.12. The smallest absolute Gasteiger partial charge is 0.341 e. The number of nitrogens with one attached hydrogen (secondary N) is 2. The van der Waals surface area contributed by atoms with Crippen molar-refractivity contribution < 1.29 is 14.3 Å². The van der Waals surface area contributed by atoms with Gasteiger partial charge in [0.2, 0.25) is 0 Å². The molecule has 8 heteroatoms. The van der Waals surface area contributed by atoms with Crippen molar-refractivity contribution in [3.05, 3.63) is 50.8 Å². The third-order valence-corrected chi connectivity index (χ3v) is 5.30. The molecule has 0 radical (unpaired) electrons. The molecule has 0 fully saturated rings. The van der Waals surface area contributed by atoms with Gasteiger partial charge in [-0.25, -0.2) is 4.79 Å². The molecular formula is C18H19BrN2O3S2. The SMILES string of the molecule is CCOC(=O)c1c(C(C)C)csc1NC(=S)NC(=O)c1ccccc1Br. The van der Waals surface area contributed by atoms with Crippen molar-refractivity contribution in [2.45, 2.75) is 26.7 Å². The molecule has 0 unspecified atom stereocenters. The van der Waals surface area contributed by atoms with Gasteiger partial charge in [0.15, 0.2) is 5.11 Å². The molecule has 138 valence electrons. The Morgan fingerprint density at radius 2 is 2.00 bits per heavy atom. The molecule has 5 nitrogen and oxygen atoms in total. The molecule has 0 saturated heterocycles. The molecule has 1 heterocycles. The largest absolute Gasteiger partial charge is 0.462 e. The Labute approximate surface area is 170 Å². The van der Waals surface area contributed by atoms with Crippen LogP contribution in [0.25, 0.3) is 0 Å². The number of carbonyl (C=O) groups is 2. The third-order valence-electron chi connectivity index (χ3n) is 3.49. The summed E-state index contributed by atoms with van der Waals surface area (Å²) in [6.07, 6.45) is 0. The zero-order chi connectivity index (χ0) is 19.3. The summed E-state index contributed by atoms with van der Waals surface area (Å²) in [5.74, 6) is -0.585. The average molecular weight is 455 g/mol. The lowest BCUT2D eigenvalue weighted by Crippen LogP contribution is -2.34. The van der Waals surface area contributed by atoms with Gasteiger partial charge in [-0.2, -0.15) is 0 Å². The number of hydrogen-bond acceptors (Lipinski definition) is 5. The first kappa shape index (κ1) is 20.5. The molecule has 1 amide bonds. The second-order valence-electron chi connectivity index (χ2n) is 5.66. The molecule has 0 aliphatic heterocycles. The van der Waals surface area contributed by atoms with E-state index in [4.69, 9.17) is 17.0 Å². The fourth-order valence-electron chi connectivity index (χ4n) is 2.25. The van der Waals surface area contributed by atoms with Crippen molar-refractivity contribution in [2.24, 2.45) is 0 Å². The number of thiocarbonyl (C=S) groups is 1. The number of thiophene rings is 1. The van der Waals surface area contributed by atoms with Crippen LogP contribution in [0.2, 0.25) is 0 Å². The van der Waals surface area contributed by atoms with Crippen molar-refractivity contribution in [3.63, 3.8) is 0 Å². The Morgan fingerprint density at radius 1 is 1.31 bits per heavy atom. The van der Waals surface area contributed by atoms with Gasteiger partial charge in [0.05, 0.1) is 17.7 Å². The van der Waals surface area contributed by atoms with Crippen LogP contribution >= 0.6 is 39.5 Å². The second kappa shape index (κ2) is 9.25. The molecule has 0 aliphatic carbocycles. The van der Waals surface area contributed by atoms with Crippen LogP contribution in [0.5, 0.6) is 0 Å². The van der Waals surface area contributed by atoms with Gasteiger partial charge >= 0.3 is 5.97 Å².